The number of fused-ring (bicyclic) bond motifs is 5. The minimum absolute atomic E-state index is 0.0962. The molecule has 0 aliphatic rings. The van der Waals surface area contributed by atoms with Crippen LogP contribution in [0.5, 0.6) is 0 Å². The first kappa shape index (κ1) is 26.2. The second-order valence-corrected chi connectivity index (χ2v) is 14.3. The van der Waals surface area contributed by atoms with Crippen LogP contribution in [0.2, 0.25) is 0 Å². The van der Waals surface area contributed by atoms with Gasteiger partial charge in [0.15, 0.2) is 0 Å². The number of para-hydroxylation sites is 2. The minimum Gasteiger partial charge on any atom is -0.455 e. The van der Waals surface area contributed by atoms with Gasteiger partial charge in [0.25, 0.3) is 0 Å². The Hall–Kier alpha value is -7.68. The number of benzene rings is 10. The van der Waals surface area contributed by atoms with E-state index >= 15 is 0 Å². The number of nitrogens with zero attached hydrogens (tertiary/aromatic N) is 1. The maximum Gasteiger partial charge on any atom is 0.143 e. The van der Waals surface area contributed by atoms with Crippen molar-refractivity contribution in [3.63, 3.8) is 0 Å². The van der Waals surface area contributed by atoms with Crippen LogP contribution in [-0.4, -0.2) is 0 Å². The molecule has 11 aromatic rings. The van der Waals surface area contributed by atoms with Crippen LogP contribution in [0.1, 0.15) is 11.0 Å². The van der Waals surface area contributed by atoms with Crippen molar-refractivity contribution in [2.75, 3.05) is 4.90 Å². The summed E-state index contributed by atoms with van der Waals surface area (Å²) in [6.45, 7) is 0. The molecule has 2 heteroatoms. The van der Waals surface area contributed by atoms with Gasteiger partial charge in [0.05, 0.1) is 11.0 Å². The maximum atomic E-state index is 9.58. The van der Waals surface area contributed by atoms with Crippen LogP contribution in [0.15, 0.2) is 229 Å². The van der Waals surface area contributed by atoms with Crippen molar-refractivity contribution in [3.8, 4) is 44.5 Å². The molecule has 0 fully saturated rings. The zero-order valence-electron chi connectivity index (χ0n) is 39.1. The highest BCUT2D eigenvalue weighted by Crippen LogP contribution is 2.41. The van der Waals surface area contributed by atoms with Gasteiger partial charge in [-0.2, -0.15) is 0 Å². The molecule has 0 atom stereocenters. The van der Waals surface area contributed by atoms with Gasteiger partial charge in [-0.3, -0.25) is 0 Å². The Morgan fingerprint density at radius 1 is 0.328 bits per heavy atom. The van der Waals surface area contributed by atoms with E-state index < -0.39 is 24.2 Å². The van der Waals surface area contributed by atoms with Crippen LogP contribution < -0.4 is 4.90 Å². The van der Waals surface area contributed by atoms with E-state index in [0.29, 0.717) is 22.4 Å². The molecule has 10 aromatic carbocycles. The SMILES string of the molecule is [2H]c1c([2H])c(N(c2ccc(-c3cccc4c3oc3ccccc34)cc2)c2c([2H])c([2H])c(-c3cccc4ccccc34)c([2H])c2[2H])c([2H])c([2H])c1-c1ccc(-c2ccc3ccccc3c2)cc1. The van der Waals surface area contributed by atoms with Gasteiger partial charge in [0, 0.05) is 33.4 Å². The van der Waals surface area contributed by atoms with E-state index in [2.05, 4.69) is 24.3 Å². The summed E-state index contributed by atoms with van der Waals surface area (Å²) < 4.78 is 82.4. The average molecular weight is 748 g/mol. The fraction of sp³-hybridized carbons (Fsp3) is 0. The summed E-state index contributed by atoms with van der Waals surface area (Å²) >= 11 is 0. The van der Waals surface area contributed by atoms with Gasteiger partial charge in [-0.05, 0) is 109 Å². The van der Waals surface area contributed by atoms with E-state index in [0.717, 1.165) is 60.2 Å². The lowest BCUT2D eigenvalue weighted by Crippen LogP contribution is -2.09. The monoisotopic (exact) mass is 747 g/mol. The van der Waals surface area contributed by atoms with Gasteiger partial charge in [-0.25, -0.2) is 0 Å². The Kier molecular flexibility index (Phi) is 6.38. The summed E-state index contributed by atoms with van der Waals surface area (Å²) in [6, 6.07) is 52.9. The lowest BCUT2D eigenvalue weighted by Gasteiger charge is -2.26. The fourth-order valence-electron chi connectivity index (χ4n) is 7.89. The highest BCUT2D eigenvalue weighted by Gasteiger charge is 2.16. The van der Waals surface area contributed by atoms with E-state index in [1.807, 2.05) is 121 Å². The third kappa shape index (κ3) is 6.00. The highest BCUT2D eigenvalue weighted by atomic mass is 16.3. The molecule has 0 N–H and O–H groups in total. The zero-order chi connectivity index (χ0) is 45.4. The molecule has 0 spiro atoms. The molecule has 0 unspecified atom stereocenters. The summed E-state index contributed by atoms with van der Waals surface area (Å²) in [5.41, 5.74) is 6.11. The van der Waals surface area contributed by atoms with Gasteiger partial charge >= 0.3 is 0 Å². The number of rotatable bonds is 7. The van der Waals surface area contributed by atoms with Gasteiger partial charge in [-0.15, -0.1) is 0 Å². The van der Waals surface area contributed by atoms with Crippen LogP contribution in [-0.2, 0) is 0 Å². The van der Waals surface area contributed by atoms with Crippen molar-refractivity contribution in [2.24, 2.45) is 0 Å². The predicted molar refractivity (Wildman–Crippen MR) is 245 cm³/mol. The Balaban J connectivity index is 1.08. The number of hydrogen-bond donors (Lipinski definition) is 0. The first-order valence-corrected chi connectivity index (χ1v) is 19.2. The number of anilines is 3. The molecule has 1 aromatic heterocycles. The average Bonchev–Trinajstić information content (AvgIpc) is 3.74. The fourth-order valence-corrected chi connectivity index (χ4v) is 7.89. The van der Waals surface area contributed by atoms with Crippen LogP contribution in [0.25, 0.3) is 88.0 Å². The molecule has 272 valence electrons. The van der Waals surface area contributed by atoms with Crippen LogP contribution in [0.4, 0.5) is 17.1 Å². The molecular weight excluding hydrogens is 703 g/mol. The normalized spacial score (nSPS) is 13.4. The topological polar surface area (TPSA) is 16.4 Å². The van der Waals surface area contributed by atoms with Gasteiger partial charge in [-0.1, -0.05) is 176 Å². The van der Waals surface area contributed by atoms with Crippen molar-refractivity contribution >= 4 is 60.5 Å². The van der Waals surface area contributed by atoms with E-state index in [1.165, 1.54) is 4.90 Å². The number of furan rings is 1. The highest BCUT2D eigenvalue weighted by molar-refractivity contribution is 6.09. The molecule has 1 heterocycles. The van der Waals surface area contributed by atoms with Gasteiger partial charge < -0.3 is 9.32 Å². The van der Waals surface area contributed by atoms with Crippen molar-refractivity contribution in [3.05, 3.63) is 224 Å². The molecule has 0 amide bonds. The summed E-state index contributed by atoms with van der Waals surface area (Å²) in [6.07, 6.45) is 0. The molecule has 0 bridgehead atoms. The van der Waals surface area contributed by atoms with E-state index in [4.69, 9.17) is 4.42 Å². The third-order valence-electron chi connectivity index (χ3n) is 10.8. The Morgan fingerprint density at radius 3 is 1.62 bits per heavy atom. The summed E-state index contributed by atoms with van der Waals surface area (Å²) in [5.74, 6) is 0. The maximum absolute atomic E-state index is 9.58. The quantitative estimate of drug-likeness (QED) is 0.161. The molecule has 0 aliphatic carbocycles. The Labute approximate surface area is 348 Å². The molecule has 0 radical (unpaired) electrons. The smallest absolute Gasteiger partial charge is 0.143 e. The zero-order valence-corrected chi connectivity index (χ0v) is 31.1. The van der Waals surface area contributed by atoms with Crippen LogP contribution in [0.3, 0.4) is 0 Å². The van der Waals surface area contributed by atoms with Crippen molar-refractivity contribution in [1.29, 1.82) is 0 Å². The Bertz CT molecular complexity index is 3690. The third-order valence-corrected chi connectivity index (χ3v) is 10.8. The predicted octanol–water partition coefficient (Wildman–Crippen LogP) is 16.0. The van der Waals surface area contributed by atoms with Crippen molar-refractivity contribution < 1.29 is 15.4 Å². The second kappa shape index (κ2) is 14.1. The van der Waals surface area contributed by atoms with Crippen molar-refractivity contribution in [2.45, 2.75) is 0 Å². The Morgan fingerprint density at radius 2 is 0.862 bits per heavy atom. The minimum atomic E-state index is -0.407. The van der Waals surface area contributed by atoms with E-state index in [9.17, 15) is 11.0 Å². The van der Waals surface area contributed by atoms with E-state index in [-0.39, 0.29) is 46.7 Å². The first-order valence-electron chi connectivity index (χ1n) is 23.2. The van der Waals surface area contributed by atoms with Crippen LogP contribution >= 0.6 is 0 Å². The van der Waals surface area contributed by atoms with Crippen molar-refractivity contribution in [1.82, 2.24) is 0 Å². The largest absolute Gasteiger partial charge is 0.455 e. The first-order chi connectivity index (χ1) is 32.1. The lowest BCUT2D eigenvalue weighted by molar-refractivity contribution is 0.670. The standard InChI is InChI=1S/C56H37NO/c1-2-11-45-37-46(24-23-38(45)9-1)41-21-19-39(20-22-41)40-25-31-47(32-26-40)57(48-33-27-43(28-34-48)51-15-7-12-42-10-3-4-13-50(42)51)49-35-29-44(30-36-49)52-16-8-17-54-53-14-5-6-18-55(53)58-56(52)54/h1-37H/i25D,26D,27D,28D,31D,32D,33D,34D. The van der Waals surface area contributed by atoms with E-state index in [1.54, 1.807) is 30.3 Å². The van der Waals surface area contributed by atoms with Gasteiger partial charge in [0.2, 0.25) is 0 Å². The molecule has 0 saturated carbocycles. The molecule has 0 aliphatic heterocycles. The number of hydrogen-bond acceptors (Lipinski definition) is 2. The molecular formula is C56H37NO. The molecule has 11 rings (SSSR count). The lowest BCUT2D eigenvalue weighted by atomic mass is 9.97. The summed E-state index contributed by atoms with van der Waals surface area (Å²) in [5, 5.41) is 5.81. The summed E-state index contributed by atoms with van der Waals surface area (Å²) in [7, 11) is 0. The summed E-state index contributed by atoms with van der Waals surface area (Å²) in [4.78, 5) is 1.34. The molecule has 0 saturated heterocycles. The van der Waals surface area contributed by atoms with Gasteiger partial charge in [0.1, 0.15) is 11.2 Å². The van der Waals surface area contributed by atoms with Crippen LogP contribution in [0, 0.1) is 0 Å². The molecule has 2 nitrogen and oxygen atoms in total. The molecule has 58 heavy (non-hydrogen) atoms. The second-order valence-electron chi connectivity index (χ2n) is 14.3.